The summed E-state index contributed by atoms with van der Waals surface area (Å²) in [6, 6.07) is 8.26. The number of piperidine rings is 1. The van der Waals surface area contributed by atoms with E-state index in [-0.39, 0.29) is 12.0 Å². The SMILES string of the molecule is CCc1cc2c(nc1N1CCC(Oc3ccc4c(c3)OCC4)CC1)CN(C)C2=O.CO. The second-order valence-electron chi connectivity index (χ2n) is 8.15. The summed E-state index contributed by atoms with van der Waals surface area (Å²) in [6.45, 7) is 5.32. The van der Waals surface area contributed by atoms with Gasteiger partial charge in [0.05, 0.1) is 24.4 Å². The van der Waals surface area contributed by atoms with Crippen LogP contribution in [-0.2, 0) is 19.4 Å². The largest absolute Gasteiger partial charge is 0.493 e. The molecular weight excluding hydrogens is 394 g/mol. The molecule has 0 bridgehead atoms. The first kappa shape index (κ1) is 21.4. The third kappa shape index (κ3) is 4.19. The Morgan fingerprint density at radius 3 is 2.74 bits per heavy atom. The van der Waals surface area contributed by atoms with Crippen molar-refractivity contribution in [2.45, 2.75) is 45.3 Å². The summed E-state index contributed by atoms with van der Waals surface area (Å²) in [5, 5.41) is 7.00. The summed E-state index contributed by atoms with van der Waals surface area (Å²) in [4.78, 5) is 21.3. The Morgan fingerprint density at radius 2 is 2.00 bits per heavy atom. The first-order valence-electron chi connectivity index (χ1n) is 11.0. The predicted molar refractivity (Wildman–Crippen MR) is 119 cm³/mol. The Kier molecular flexibility index (Phi) is 6.32. The summed E-state index contributed by atoms with van der Waals surface area (Å²) in [6.07, 6.45) is 3.98. The molecule has 0 unspecified atom stereocenters. The molecule has 166 valence electrons. The number of benzene rings is 1. The molecule has 5 rings (SSSR count). The maximum Gasteiger partial charge on any atom is 0.255 e. The molecule has 4 heterocycles. The number of hydrogen-bond acceptors (Lipinski definition) is 6. The molecule has 0 aliphatic carbocycles. The van der Waals surface area contributed by atoms with Crippen molar-refractivity contribution < 1.29 is 19.4 Å². The van der Waals surface area contributed by atoms with Crippen LogP contribution < -0.4 is 14.4 Å². The van der Waals surface area contributed by atoms with Gasteiger partial charge in [-0.25, -0.2) is 4.98 Å². The maximum absolute atomic E-state index is 12.3. The van der Waals surface area contributed by atoms with Gasteiger partial charge in [0.15, 0.2) is 0 Å². The van der Waals surface area contributed by atoms with Gasteiger partial charge in [-0.15, -0.1) is 0 Å². The van der Waals surface area contributed by atoms with Crippen LogP contribution in [0.2, 0.25) is 0 Å². The highest BCUT2D eigenvalue weighted by molar-refractivity contribution is 5.98. The molecule has 1 aromatic heterocycles. The highest BCUT2D eigenvalue weighted by atomic mass is 16.5. The summed E-state index contributed by atoms with van der Waals surface area (Å²) < 4.78 is 11.9. The smallest absolute Gasteiger partial charge is 0.255 e. The Balaban J connectivity index is 0.00000112. The van der Waals surface area contributed by atoms with Crippen LogP contribution in [0.3, 0.4) is 0 Å². The molecule has 1 fully saturated rings. The average molecular weight is 426 g/mol. The number of pyridine rings is 1. The minimum Gasteiger partial charge on any atom is -0.493 e. The van der Waals surface area contributed by atoms with Gasteiger partial charge in [-0.3, -0.25) is 4.79 Å². The first-order chi connectivity index (χ1) is 15.1. The van der Waals surface area contributed by atoms with Crippen molar-refractivity contribution in [1.29, 1.82) is 0 Å². The molecule has 31 heavy (non-hydrogen) atoms. The highest BCUT2D eigenvalue weighted by Crippen LogP contribution is 2.32. The van der Waals surface area contributed by atoms with Crippen molar-refractivity contribution in [1.82, 2.24) is 9.88 Å². The quantitative estimate of drug-likeness (QED) is 0.812. The van der Waals surface area contributed by atoms with Gasteiger partial charge in [0.2, 0.25) is 0 Å². The average Bonchev–Trinajstić information content (AvgIpc) is 3.38. The minimum atomic E-state index is 0.0826. The number of rotatable bonds is 4. The maximum atomic E-state index is 12.3. The fourth-order valence-corrected chi connectivity index (χ4v) is 4.52. The molecule has 0 spiro atoms. The topological polar surface area (TPSA) is 75.1 Å². The molecule has 1 saturated heterocycles. The Morgan fingerprint density at radius 1 is 1.23 bits per heavy atom. The molecule has 1 N–H and O–H groups in total. The van der Waals surface area contributed by atoms with E-state index in [4.69, 9.17) is 19.6 Å². The van der Waals surface area contributed by atoms with Crippen LogP contribution in [0.1, 0.15) is 46.9 Å². The summed E-state index contributed by atoms with van der Waals surface area (Å²) in [7, 11) is 2.84. The van der Waals surface area contributed by atoms with Gasteiger partial charge in [0.25, 0.3) is 5.91 Å². The van der Waals surface area contributed by atoms with Gasteiger partial charge in [0, 0.05) is 52.6 Å². The number of amides is 1. The molecule has 7 heteroatoms. The van der Waals surface area contributed by atoms with Gasteiger partial charge >= 0.3 is 0 Å². The van der Waals surface area contributed by atoms with Crippen molar-refractivity contribution in [2.24, 2.45) is 0 Å². The fourth-order valence-electron chi connectivity index (χ4n) is 4.52. The molecular formula is C24H31N3O4. The number of fused-ring (bicyclic) bond motifs is 2. The number of aliphatic hydroxyl groups is 1. The number of hydrogen-bond donors (Lipinski definition) is 1. The van der Waals surface area contributed by atoms with Crippen LogP contribution >= 0.6 is 0 Å². The lowest BCUT2D eigenvalue weighted by atomic mass is 10.0. The molecule has 3 aliphatic rings. The van der Waals surface area contributed by atoms with Gasteiger partial charge < -0.3 is 24.4 Å². The molecule has 7 nitrogen and oxygen atoms in total. The van der Waals surface area contributed by atoms with E-state index < -0.39 is 0 Å². The van der Waals surface area contributed by atoms with Crippen molar-refractivity contribution in [2.75, 3.05) is 38.8 Å². The van der Waals surface area contributed by atoms with Crippen molar-refractivity contribution in [3.63, 3.8) is 0 Å². The summed E-state index contributed by atoms with van der Waals surface area (Å²) in [5.74, 6) is 2.99. The lowest BCUT2D eigenvalue weighted by Gasteiger charge is -2.34. The molecule has 0 saturated carbocycles. The number of ether oxygens (including phenoxy) is 2. The highest BCUT2D eigenvalue weighted by Gasteiger charge is 2.30. The molecule has 2 aromatic rings. The van der Waals surface area contributed by atoms with Crippen LogP contribution in [0.25, 0.3) is 0 Å². The molecule has 0 atom stereocenters. The number of nitrogens with zero attached hydrogens (tertiary/aromatic N) is 3. The number of carbonyl (C=O) groups excluding carboxylic acids is 1. The summed E-state index contributed by atoms with van der Waals surface area (Å²) >= 11 is 0. The molecule has 1 amide bonds. The molecule has 0 radical (unpaired) electrons. The van der Waals surface area contributed by atoms with E-state index >= 15 is 0 Å². The Labute approximate surface area is 183 Å². The number of anilines is 1. The van der Waals surface area contributed by atoms with E-state index in [0.717, 1.165) is 86.6 Å². The van der Waals surface area contributed by atoms with Crippen LogP contribution in [0.15, 0.2) is 24.3 Å². The van der Waals surface area contributed by atoms with Crippen LogP contribution in [0.4, 0.5) is 5.82 Å². The third-order valence-electron chi connectivity index (χ3n) is 6.21. The number of aromatic nitrogens is 1. The lowest BCUT2D eigenvalue weighted by Crippen LogP contribution is -2.39. The van der Waals surface area contributed by atoms with Crippen molar-refractivity contribution >= 4 is 11.7 Å². The van der Waals surface area contributed by atoms with E-state index in [1.807, 2.05) is 13.1 Å². The Bertz CT molecular complexity index is 954. The molecule has 3 aliphatic heterocycles. The van der Waals surface area contributed by atoms with Crippen LogP contribution in [0.5, 0.6) is 11.5 Å². The van der Waals surface area contributed by atoms with E-state index in [2.05, 4.69) is 30.0 Å². The van der Waals surface area contributed by atoms with E-state index in [1.54, 1.807) is 4.90 Å². The van der Waals surface area contributed by atoms with Crippen molar-refractivity contribution in [3.8, 4) is 11.5 Å². The standard InChI is InChI=1S/C23H27N3O3.CH4O/c1-3-15-12-19-20(14-25(2)23(19)27)24-22(15)26-9-6-17(7-10-26)29-18-5-4-16-8-11-28-21(16)13-18;1-2/h4-5,12-13,17H,3,6-11,14H2,1-2H3;2H,1H3. The second-order valence-corrected chi connectivity index (χ2v) is 8.15. The first-order valence-corrected chi connectivity index (χ1v) is 11.0. The minimum absolute atomic E-state index is 0.0826. The summed E-state index contributed by atoms with van der Waals surface area (Å²) in [5.41, 5.74) is 4.10. The van der Waals surface area contributed by atoms with Crippen LogP contribution in [0, 0.1) is 0 Å². The van der Waals surface area contributed by atoms with Gasteiger partial charge in [-0.1, -0.05) is 13.0 Å². The van der Waals surface area contributed by atoms with Gasteiger partial charge in [0.1, 0.15) is 23.4 Å². The Hall–Kier alpha value is -2.80. The zero-order valence-electron chi connectivity index (χ0n) is 18.6. The third-order valence-corrected chi connectivity index (χ3v) is 6.21. The zero-order valence-corrected chi connectivity index (χ0v) is 18.6. The van der Waals surface area contributed by atoms with Crippen molar-refractivity contribution in [3.05, 3.63) is 46.6 Å². The van der Waals surface area contributed by atoms with Gasteiger partial charge in [-0.2, -0.15) is 0 Å². The van der Waals surface area contributed by atoms with Gasteiger partial charge in [-0.05, 0) is 29.7 Å². The number of aryl methyl sites for hydroxylation is 1. The number of aliphatic hydroxyl groups excluding tert-OH is 1. The molecule has 1 aromatic carbocycles. The predicted octanol–water partition coefficient (Wildman–Crippen LogP) is 2.82. The monoisotopic (exact) mass is 425 g/mol. The second kappa shape index (κ2) is 9.14. The van der Waals surface area contributed by atoms with E-state index in [9.17, 15) is 4.79 Å². The lowest BCUT2D eigenvalue weighted by molar-refractivity contribution is 0.0816. The van der Waals surface area contributed by atoms with E-state index in [1.165, 1.54) is 5.56 Å². The van der Waals surface area contributed by atoms with Crippen LogP contribution in [-0.4, -0.2) is 60.9 Å². The van der Waals surface area contributed by atoms with E-state index in [0.29, 0.717) is 6.54 Å². The fraction of sp³-hybridized carbons (Fsp3) is 0.500. The number of carbonyl (C=O) groups is 1. The normalized spacial score (nSPS) is 17.6. The zero-order chi connectivity index (χ0) is 22.0.